The number of rotatable bonds is 6. The van der Waals surface area contributed by atoms with Gasteiger partial charge in [-0.25, -0.2) is 0 Å². The number of nitrogens with one attached hydrogen (secondary N) is 2. The number of ether oxygens (including phenoxy) is 1. The predicted octanol–water partition coefficient (Wildman–Crippen LogP) is -0.100. The third-order valence-electron chi connectivity index (χ3n) is 2.05. The van der Waals surface area contributed by atoms with Gasteiger partial charge in [0.1, 0.15) is 5.75 Å². The van der Waals surface area contributed by atoms with Crippen molar-refractivity contribution < 1.29 is 14.3 Å². The van der Waals surface area contributed by atoms with Gasteiger partial charge < -0.3 is 21.1 Å². The summed E-state index contributed by atoms with van der Waals surface area (Å²) in [5.41, 5.74) is 6.13. The summed E-state index contributed by atoms with van der Waals surface area (Å²) < 4.78 is 5.22. The number of carbonyl (C=O) groups is 2. The predicted molar refractivity (Wildman–Crippen MR) is 68.0 cm³/mol. The molecule has 4 N–H and O–H groups in total. The summed E-state index contributed by atoms with van der Waals surface area (Å²) in [4.78, 5) is 22.4. The number of hydrogen-bond acceptors (Lipinski definition) is 4. The molecule has 0 spiro atoms. The Balaban J connectivity index is 2.27. The van der Waals surface area contributed by atoms with Gasteiger partial charge in [-0.1, -0.05) is 6.07 Å². The number of carbonyl (C=O) groups excluding carboxylic acids is 2. The first kappa shape index (κ1) is 13.8. The molecular formula is C12H17N3O3. The fraction of sp³-hybridized carbons (Fsp3) is 0.333. The maximum absolute atomic E-state index is 11.4. The highest BCUT2D eigenvalue weighted by atomic mass is 16.5. The summed E-state index contributed by atoms with van der Waals surface area (Å²) in [6.45, 7) is 2.15. The first-order chi connectivity index (χ1) is 8.61. The molecule has 0 atom stereocenters. The molecule has 0 radical (unpaired) electrons. The minimum absolute atomic E-state index is 0.0486. The van der Waals surface area contributed by atoms with E-state index >= 15 is 0 Å². The van der Waals surface area contributed by atoms with Crippen LogP contribution in [-0.4, -0.2) is 31.5 Å². The molecule has 0 aliphatic heterocycles. The SMILES string of the molecule is CCNC(=O)CNC(=O)COc1cccc(N)c1. The molecule has 18 heavy (non-hydrogen) atoms. The smallest absolute Gasteiger partial charge is 0.258 e. The molecule has 1 rings (SSSR count). The van der Waals surface area contributed by atoms with Crippen LogP contribution in [-0.2, 0) is 9.59 Å². The van der Waals surface area contributed by atoms with E-state index < -0.39 is 0 Å². The maximum atomic E-state index is 11.4. The lowest BCUT2D eigenvalue weighted by atomic mass is 10.3. The average Bonchev–Trinajstić information content (AvgIpc) is 2.34. The maximum Gasteiger partial charge on any atom is 0.258 e. The van der Waals surface area contributed by atoms with Crippen molar-refractivity contribution in [2.75, 3.05) is 25.4 Å². The van der Waals surface area contributed by atoms with E-state index in [0.717, 1.165) is 0 Å². The highest BCUT2D eigenvalue weighted by molar-refractivity contribution is 5.85. The number of hydrogen-bond donors (Lipinski definition) is 3. The van der Waals surface area contributed by atoms with Crippen LogP contribution in [0.15, 0.2) is 24.3 Å². The van der Waals surface area contributed by atoms with Gasteiger partial charge >= 0.3 is 0 Å². The van der Waals surface area contributed by atoms with E-state index in [-0.39, 0.29) is 25.0 Å². The molecule has 1 aromatic carbocycles. The molecule has 6 nitrogen and oxygen atoms in total. The Morgan fingerprint density at radius 3 is 2.72 bits per heavy atom. The van der Waals surface area contributed by atoms with Crippen molar-refractivity contribution in [2.24, 2.45) is 0 Å². The van der Waals surface area contributed by atoms with Gasteiger partial charge in [-0.2, -0.15) is 0 Å². The lowest BCUT2D eigenvalue weighted by Crippen LogP contribution is -2.38. The van der Waals surface area contributed by atoms with Gasteiger partial charge in [-0.05, 0) is 19.1 Å². The van der Waals surface area contributed by atoms with Crippen molar-refractivity contribution in [3.05, 3.63) is 24.3 Å². The number of likely N-dealkylation sites (N-methyl/N-ethyl adjacent to an activating group) is 1. The van der Waals surface area contributed by atoms with E-state index in [0.29, 0.717) is 18.0 Å². The molecule has 2 amide bonds. The second-order valence-electron chi connectivity index (χ2n) is 3.59. The van der Waals surface area contributed by atoms with Crippen molar-refractivity contribution in [2.45, 2.75) is 6.92 Å². The minimum atomic E-state index is -0.358. The first-order valence-corrected chi connectivity index (χ1v) is 5.63. The molecule has 0 aliphatic rings. The number of nitrogen functional groups attached to an aromatic ring is 1. The van der Waals surface area contributed by atoms with Gasteiger partial charge in [-0.3, -0.25) is 9.59 Å². The topological polar surface area (TPSA) is 93.5 Å². The summed E-state index contributed by atoms with van der Waals surface area (Å²) in [7, 11) is 0. The van der Waals surface area contributed by atoms with E-state index in [2.05, 4.69) is 10.6 Å². The van der Waals surface area contributed by atoms with Crippen LogP contribution >= 0.6 is 0 Å². The average molecular weight is 251 g/mol. The highest BCUT2D eigenvalue weighted by Crippen LogP contribution is 2.13. The second-order valence-corrected chi connectivity index (χ2v) is 3.59. The van der Waals surface area contributed by atoms with Crippen LogP contribution in [0.4, 0.5) is 5.69 Å². The zero-order valence-corrected chi connectivity index (χ0v) is 10.2. The Bertz CT molecular complexity index is 421. The minimum Gasteiger partial charge on any atom is -0.484 e. The van der Waals surface area contributed by atoms with Crippen molar-refractivity contribution in [3.8, 4) is 5.75 Å². The summed E-state index contributed by atoms with van der Waals surface area (Å²) in [5.74, 6) is -0.0679. The van der Waals surface area contributed by atoms with Crippen LogP contribution in [0.25, 0.3) is 0 Å². The quantitative estimate of drug-likeness (QED) is 0.615. The van der Waals surface area contributed by atoms with Crippen LogP contribution in [0.2, 0.25) is 0 Å². The van der Waals surface area contributed by atoms with Crippen molar-refractivity contribution in [1.29, 1.82) is 0 Å². The van der Waals surface area contributed by atoms with Crippen LogP contribution < -0.4 is 21.1 Å². The second kappa shape index (κ2) is 7.16. The molecule has 0 fully saturated rings. The summed E-state index contributed by atoms with van der Waals surface area (Å²) in [6.07, 6.45) is 0. The van der Waals surface area contributed by atoms with Gasteiger partial charge in [0, 0.05) is 18.3 Å². The van der Waals surface area contributed by atoms with Crippen LogP contribution in [0.1, 0.15) is 6.92 Å². The third-order valence-corrected chi connectivity index (χ3v) is 2.05. The third kappa shape index (κ3) is 5.20. The van der Waals surface area contributed by atoms with E-state index in [4.69, 9.17) is 10.5 Å². The van der Waals surface area contributed by atoms with Gasteiger partial charge in [0.05, 0.1) is 6.54 Å². The van der Waals surface area contributed by atoms with E-state index in [1.165, 1.54) is 0 Å². The van der Waals surface area contributed by atoms with Crippen LogP contribution in [0.5, 0.6) is 5.75 Å². The largest absolute Gasteiger partial charge is 0.484 e. The van der Waals surface area contributed by atoms with Crippen molar-refractivity contribution in [1.82, 2.24) is 10.6 Å². The van der Waals surface area contributed by atoms with Crippen LogP contribution in [0, 0.1) is 0 Å². The Labute approximate surface area is 105 Å². The molecule has 0 saturated heterocycles. The Morgan fingerprint density at radius 2 is 2.06 bits per heavy atom. The van der Waals surface area contributed by atoms with E-state index in [1.807, 2.05) is 6.92 Å². The molecule has 0 bridgehead atoms. The first-order valence-electron chi connectivity index (χ1n) is 5.63. The zero-order chi connectivity index (χ0) is 13.4. The lowest BCUT2D eigenvalue weighted by molar-refractivity contribution is -0.127. The van der Waals surface area contributed by atoms with Gasteiger partial charge in [-0.15, -0.1) is 0 Å². The van der Waals surface area contributed by atoms with Crippen molar-refractivity contribution >= 4 is 17.5 Å². The van der Waals surface area contributed by atoms with E-state index in [9.17, 15) is 9.59 Å². The molecule has 0 aliphatic carbocycles. The van der Waals surface area contributed by atoms with Crippen molar-refractivity contribution in [3.63, 3.8) is 0 Å². The standard InChI is InChI=1S/C12H17N3O3/c1-2-14-11(16)7-15-12(17)8-18-10-5-3-4-9(13)6-10/h3-6H,2,7-8,13H2,1H3,(H,14,16)(H,15,17). The Kier molecular flexibility index (Phi) is 5.50. The fourth-order valence-corrected chi connectivity index (χ4v) is 1.24. The fourth-order valence-electron chi connectivity index (χ4n) is 1.24. The van der Waals surface area contributed by atoms with Crippen LogP contribution in [0.3, 0.4) is 0 Å². The van der Waals surface area contributed by atoms with E-state index in [1.54, 1.807) is 24.3 Å². The zero-order valence-electron chi connectivity index (χ0n) is 10.2. The number of anilines is 1. The molecule has 0 unspecified atom stereocenters. The number of benzene rings is 1. The molecule has 98 valence electrons. The molecule has 1 aromatic rings. The molecule has 0 heterocycles. The normalized spacial score (nSPS) is 9.61. The monoisotopic (exact) mass is 251 g/mol. The number of amides is 2. The Morgan fingerprint density at radius 1 is 1.28 bits per heavy atom. The molecular weight excluding hydrogens is 234 g/mol. The highest BCUT2D eigenvalue weighted by Gasteiger charge is 2.05. The lowest BCUT2D eigenvalue weighted by Gasteiger charge is -2.07. The van der Waals surface area contributed by atoms with Gasteiger partial charge in [0.25, 0.3) is 5.91 Å². The summed E-state index contributed by atoms with van der Waals surface area (Å²) >= 11 is 0. The van der Waals surface area contributed by atoms with Gasteiger partial charge in [0.15, 0.2) is 6.61 Å². The summed E-state index contributed by atoms with van der Waals surface area (Å²) in [6, 6.07) is 6.78. The van der Waals surface area contributed by atoms with Gasteiger partial charge in [0.2, 0.25) is 5.91 Å². The Hall–Kier alpha value is -2.24. The number of nitrogens with two attached hydrogens (primary N) is 1. The molecule has 6 heteroatoms. The summed E-state index contributed by atoms with van der Waals surface area (Å²) in [5, 5.41) is 5.02. The molecule has 0 saturated carbocycles. The molecule has 0 aromatic heterocycles.